The minimum Gasteiger partial charge on any atom is -0.481 e. The number of halogens is 1. The van der Waals surface area contributed by atoms with Crippen LogP contribution in [-0.2, 0) is 11.3 Å². The van der Waals surface area contributed by atoms with Gasteiger partial charge in [0.25, 0.3) is 5.91 Å². The van der Waals surface area contributed by atoms with E-state index in [1.165, 1.54) is 0 Å². The van der Waals surface area contributed by atoms with E-state index in [1.54, 1.807) is 12.1 Å². The van der Waals surface area contributed by atoms with E-state index in [0.717, 1.165) is 50.2 Å². The predicted molar refractivity (Wildman–Crippen MR) is 188 cm³/mol. The number of nitrogens with one attached hydrogen (secondary N) is 2. The number of carboxylic acids is 1. The fourth-order valence-corrected chi connectivity index (χ4v) is 5.73. The lowest BCUT2D eigenvalue weighted by Crippen LogP contribution is -2.29. The zero-order valence-electron chi connectivity index (χ0n) is 25.5. The SMILES string of the molecule is O=C(O)CCC(NC(=O)c1cc(NCc2cccc3ccccc23)ccc1Cl)c1ccc(-c2ccc(Oc3ccccc3)cc2)cc1. The predicted octanol–water partition coefficient (Wildman–Crippen LogP) is 9.90. The van der Waals surface area contributed by atoms with E-state index in [4.69, 9.17) is 16.3 Å². The number of ether oxygens (including phenoxy) is 1. The van der Waals surface area contributed by atoms with Crippen LogP contribution in [-0.4, -0.2) is 17.0 Å². The first kappa shape index (κ1) is 31.4. The van der Waals surface area contributed by atoms with Gasteiger partial charge < -0.3 is 20.5 Å². The van der Waals surface area contributed by atoms with Crippen LogP contribution in [0, 0.1) is 0 Å². The van der Waals surface area contributed by atoms with Gasteiger partial charge in [-0.1, -0.05) is 109 Å². The molecule has 0 aliphatic rings. The normalized spacial score (nSPS) is 11.5. The van der Waals surface area contributed by atoms with Crippen molar-refractivity contribution in [1.82, 2.24) is 5.32 Å². The molecule has 6 nitrogen and oxygen atoms in total. The molecule has 0 aliphatic carbocycles. The first-order chi connectivity index (χ1) is 22.9. The molecule has 6 aromatic carbocycles. The van der Waals surface area contributed by atoms with Crippen molar-refractivity contribution in [3.8, 4) is 22.6 Å². The summed E-state index contributed by atoms with van der Waals surface area (Å²) < 4.78 is 5.90. The van der Waals surface area contributed by atoms with Crippen molar-refractivity contribution >= 4 is 39.9 Å². The van der Waals surface area contributed by atoms with Gasteiger partial charge >= 0.3 is 5.97 Å². The number of para-hydroxylation sites is 1. The minimum atomic E-state index is -0.934. The van der Waals surface area contributed by atoms with E-state index in [0.29, 0.717) is 17.1 Å². The summed E-state index contributed by atoms with van der Waals surface area (Å²) in [5.74, 6) is 0.192. The molecule has 6 rings (SSSR count). The van der Waals surface area contributed by atoms with E-state index < -0.39 is 12.0 Å². The zero-order valence-corrected chi connectivity index (χ0v) is 26.3. The van der Waals surface area contributed by atoms with Gasteiger partial charge in [-0.2, -0.15) is 0 Å². The summed E-state index contributed by atoms with van der Waals surface area (Å²) in [6.07, 6.45) is 0.124. The number of anilines is 1. The number of aliphatic carboxylic acids is 1. The molecule has 0 heterocycles. The second kappa shape index (κ2) is 14.7. The Bertz CT molecular complexity index is 1990. The summed E-state index contributed by atoms with van der Waals surface area (Å²) in [7, 11) is 0. The van der Waals surface area contributed by atoms with Crippen LogP contribution < -0.4 is 15.4 Å². The Hall–Kier alpha value is -5.59. The van der Waals surface area contributed by atoms with Gasteiger partial charge in [0, 0.05) is 18.7 Å². The van der Waals surface area contributed by atoms with Crippen LogP contribution in [0.25, 0.3) is 21.9 Å². The number of carbonyl (C=O) groups excluding carboxylic acids is 1. The molecule has 0 fully saturated rings. The van der Waals surface area contributed by atoms with Gasteiger partial charge in [0.05, 0.1) is 16.6 Å². The van der Waals surface area contributed by atoms with Gasteiger partial charge in [-0.25, -0.2) is 0 Å². The molecule has 1 unspecified atom stereocenters. The van der Waals surface area contributed by atoms with Crippen molar-refractivity contribution in [2.75, 3.05) is 5.32 Å². The number of carboxylic acid groups (broad SMARTS) is 1. The molecule has 0 aromatic heterocycles. The van der Waals surface area contributed by atoms with Crippen LogP contribution in [0.3, 0.4) is 0 Å². The van der Waals surface area contributed by atoms with E-state index >= 15 is 0 Å². The van der Waals surface area contributed by atoms with Crippen molar-refractivity contribution in [3.05, 3.63) is 161 Å². The maximum atomic E-state index is 13.6. The van der Waals surface area contributed by atoms with Gasteiger partial charge in [0.1, 0.15) is 11.5 Å². The number of hydrogen-bond acceptors (Lipinski definition) is 4. The highest BCUT2D eigenvalue weighted by molar-refractivity contribution is 6.34. The van der Waals surface area contributed by atoms with Gasteiger partial charge in [0.2, 0.25) is 0 Å². The number of fused-ring (bicyclic) bond motifs is 1. The fourth-order valence-electron chi connectivity index (χ4n) is 5.53. The second-order valence-electron chi connectivity index (χ2n) is 11.2. The average molecular weight is 641 g/mol. The maximum absolute atomic E-state index is 13.6. The lowest BCUT2D eigenvalue weighted by atomic mass is 9.97. The van der Waals surface area contributed by atoms with Crippen molar-refractivity contribution < 1.29 is 19.4 Å². The number of amides is 1. The molecule has 7 heteroatoms. The average Bonchev–Trinajstić information content (AvgIpc) is 3.10. The summed E-state index contributed by atoms with van der Waals surface area (Å²) >= 11 is 6.50. The third kappa shape index (κ3) is 7.98. The number of hydrogen-bond donors (Lipinski definition) is 3. The number of rotatable bonds is 12. The highest BCUT2D eigenvalue weighted by Crippen LogP contribution is 2.29. The van der Waals surface area contributed by atoms with Crippen molar-refractivity contribution in [1.29, 1.82) is 0 Å². The van der Waals surface area contributed by atoms with Crippen molar-refractivity contribution in [2.45, 2.75) is 25.4 Å². The van der Waals surface area contributed by atoms with Gasteiger partial charge in [-0.15, -0.1) is 0 Å². The number of benzene rings is 6. The van der Waals surface area contributed by atoms with Crippen LogP contribution in [0.4, 0.5) is 5.69 Å². The highest BCUT2D eigenvalue weighted by atomic mass is 35.5. The smallest absolute Gasteiger partial charge is 0.303 e. The molecule has 3 N–H and O–H groups in total. The molecule has 0 bridgehead atoms. The molecular formula is C40H33ClN2O4. The van der Waals surface area contributed by atoms with Crippen molar-refractivity contribution in [3.63, 3.8) is 0 Å². The molecule has 0 aliphatic heterocycles. The molecule has 1 atom stereocenters. The van der Waals surface area contributed by atoms with E-state index in [2.05, 4.69) is 34.9 Å². The molecular weight excluding hydrogens is 608 g/mol. The molecule has 0 radical (unpaired) electrons. The first-order valence-corrected chi connectivity index (χ1v) is 15.8. The highest BCUT2D eigenvalue weighted by Gasteiger charge is 2.20. The summed E-state index contributed by atoms with van der Waals surface area (Å²) in [6, 6.07) is 44.3. The maximum Gasteiger partial charge on any atom is 0.303 e. The third-order valence-electron chi connectivity index (χ3n) is 8.01. The molecule has 47 heavy (non-hydrogen) atoms. The minimum absolute atomic E-state index is 0.101. The molecule has 0 saturated heterocycles. The summed E-state index contributed by atoms with van der Waals surface area (Å²) in [5, 5.41) is 18.5. The monoisotopic (exact) mass is 640 g/mol. The Labute approximate surface area is 278 Å². The van der Waals surface area contributed by atoms with Crippen LogP contribution in [0.1, 0.15) is 40.4 Å². The Morgan fingerprint density at radius 2 is 1.38 bits per heavy atom. The van der Waals surface area contributed by atoms with Crippen LogP contribution in [0.15, 0.2) is 140 Å². The molecule has 0 saturated carbocycles. The van der Waals surface area contributed by atoms with Crippen LogP contribution in [0.2, 0.25) is 5.02 Å². The molecule has 234 valence electrons. The van der Waals surface area contributed by atoms with Gasteiger partial charge in [-0.05, 0) is 81.9 Å². The Balaban J connectivity index is 1.15. The Morgan fingerprint density at radius 1 is 0.723 bits per heavy atom. The zero-order chi connectivity index (χ0) is 32.6. The fraction of sp³-hybridized carbons (Fsp3) is 0.100. The van der Waals surface area contributed by atoms with Gasteiger partial charge in [-0.3, -0.25) is 9.59 Å². The second-order valence-corrected chi connectivity index (χ2v) is 11.6. The summed E-state index contributed by atoms with van der Waals surface area (Å²) in [4.78, 5) is 25.1. The molecule has 1 amide bonds. The van der Waals surface area contributed by atoms with Crippen LogP contribution in [0.5, 0.6) is 11.5 Å². The van der Waals surface area contributed by atoms with Gasteiger partial charge in [0.15, 0.2) is 0 Å². The first-order valence-electron chi connectivity index (χ1n) is 15.4. The summed E-state index contributed by atoms with van der Waals surface area (Å²) in [5.41, 5.74) is 4.98. The standard InChI is InChI=1S/C40H33ClN2O4/c41-37-22-19-32(42-26-31-9-6-8-29-7-4-5-12-35(29)31)25-36(37)40(46)43-38(23-24-39(44)45)30-15-13-27(14-16-30)28-17-20-34(21-18-28)47-33-10-2-1-3-11-33/h1-22,25,38,42H,23-24,26H2,(H,43,46)(H,44,45). The topological polar surface area (TPSA) is 87.7 Å². The quantitative estimate of drug-likeness (QED) is 0.124. The molecule has 0 spiro atoms. The largest absolute Gasteiger partial charge is 0.481 e. The number of carbonyl (C=O) groups is 2. The van der Waals surface area contributed by atoms with E-state index in [-0.39, 0.29) is 18.7 Å². The Kier molecular flexibility index (Phi) is 9.80. The van der Waals surface area contributed by atoms with Crippen molar-refractivity contribution in [2.24, 2.45) is 0 Å². The molecule has 6 aromatic rings. The van der Waals surface area contributed by atoms with Crippen LogP contribution >= 0.6 is 11.6 Å². The van der Waals surface area contributed by atoms with E-state index in [9.17, 15) is 14.7 Å². The Morgan fingerprint density at radius 3 is 2.13 bits per heavy atom. The summed E-state index contributed by atoms with van der Waals surface area (Å²) in [6.45, 7) is 0.570. The lowest BCUT2D eigenvalue weighted by Gasteiger charge is -2.20. The lowest BCUT2D eigenvalue weighted by molar-refractivity contribution is -0.137. The third-order valence-corrected chi connectivity index (χ3v) is 8.34. The van der Waals surface area contributed by atoms with E-state index in [1.807, 2.05) is 103 Å².